The minimum absolute atomic E-state index is 0.0761. The van der Waals surface area contributed by atoms with Crippen LogP contribution >= 0.6 is 0 Å². The summed E-state index contributed by atoms with van der Waals surface area (Å²) in [4.78, 5) is 14.4. The number of rotatable bonds is 1. The first-order chi connectivity index (χ1) is 10.5. The van der Waals surface area contributed by atoms with E-state index in [9.17, 15) is 13.2 Å². The Bertz CT molecular complexity index is 833. The predicted molar refractivity (Wildman–Crippen MR) is 80.0 cm³/mol. The number of aryl methyl sites for hydroxylation is 1. The van der Waals surface area contributed by atoms with Crippen LogP contribution < -0.4 is 0 Å². The van der Waals surface area contributed by atoms with Crippen molar-refractivity contribution >= 4 is 15.7 Å². The van der Waals surface area contributed by atoms with Crippen molar-refractivity contribution in [3.8, 4) is 0 Å². The normalized spacial score (nSPS) is 16.7. The van der Waals surface area contributed by atoms with Crippen LogP contribution in [0.2, 0.25) is 0 Å². The standard InChI is InChI=1S/C15H15N3O3S/c1-11-8-13(9-16-17-11)15(19)18-6-7-22(20,21)14-5-3-2-4-12(14)10-18/h2-5,8-9H,6-7,10H2,1H3. The van der Waals surface area contributed by atoms with Crippen LogP contribution in [0.1, 0.15) is 21.6 Å². The Labute approximate surface area is 128 Å². The highest BCUT2D eigenvalue weighted by atomic mass is 32.2. The largest absolute Gasteiger partial charge is 0.333 e. The predicted octanol–water partition coefficient (Wildman–Crippen LogP) is 1.21. The molecule has 0 radical (unpaired) electrons. The van der Waals surface area contributed by atoms with E-state index >= 15 is 0 Å². The molecule has 7 heteroatoms. The summed E-state index contributed by atoms with van der Waals surface area (Å²) < 4.78 is 24.6. The first kappa shape index (κ1) is 14.6. The molecule has 0 saturated carbocycles. The monoisotopic (exact) mass is 317 g/mol. The second-order valence-corrected chi connectivity index (χ2v) is 7.32. The number of aromatic nitrogens is 2. The molecule has 1 amide bonds. The summed E-state index contributed by atoms with van der Waals surface area (Å²) in [5, 5.41) is 7.61. The minimum atomic E-state index is -3.36. The van der Waals surface area contributed by atoms with Gasteiger partial charge in [-0.3, -0.25) is 4.79 Å². The van der Waals surface area contributed by atoms with E-state index in [0.29, 0.717) is 21.7 Å². The second kappa shape index (κ2) is 5.49. The Morgan fingerprint density at radius 1 is 1.27 bits per heavy atom. The first-order valence-electron chi connectivity index (χ1n) is 6.87. The molecule has 1 aliphatic heterocycles. The highest BCUT2D eigenvalue weighted by Gasteiger charge is 2.28. The van der Waals surface area contributed by atoms with E-state index in [1.165, 1.54) is 6.20 Å². The van der Waals surface area contributed by atoms with Gasteiger partial charge in [0, 0.05) is 13.1 Å². The fourth-order valence-electron chi connectivity index (χ4n) is 2.51. The summed E-state index contributed by atoms with van der Waals surface area (Å²) in [7, 11) is -3.36. The third-order valence-corrected chi connectivity index (χ3v) is 5.40. The van der Waals surface area contributed by atoms with Gasteiger partial charge in [-0.05, 0) is 24.6 Å². The Morgan fingerprint density at radius 2 is 2.05 bits per heavy atom. The van der Waals surface area contributed by atoms with Crippen LogP contribution in [0.5, 0.6) is 0 Å². The number of nitrogens with zero attached hydrogens (tertiary/aromatic N) is 3. The molecule has 1 aliphatic rings. The lowest BCUT2D eigenvalue weighted by Crippen LogP contribution is -2.32. The molecule has 0 saturated heterocycles. The lowest BCUT2D eigenvalue weighted by Gasteiger charge is -2.20. The zero-order valence-corrected chi connectivity index (χ0v) is 12.9. The highest BCUT2D eigenvalue weighted by molar-refractivity contribution is 7.91. The van der Waals surface area contributed by atoms with Crippen LogP contribution in [-0.4, -0.2) is 41.7 Å². The van der Waals surface area contributed by atoms with Gasteiger partial charge in [-0.1, -0.05) is 18.2 Å². The van der Waals surface area contributed by atoms with Gasteiger partial charge in [0.1, 0.15) is 0 Å². The van der Waals surface area contributed by atoms with Crippen LogP contribution in [0.25, 0.3) is 0 Å². The van der Waals surface area contributed by atoms with Crippen molar-refractivity contribution < 1.29 is 13.2 Å². The molecular formula is C15H15N3O3S. The molecule has 0 bridgehead atoms. The number of hydrogen-bond donors (Lipinski definition) is 0. The van der Waals surface area contributed by atoms with Crippen LogP contribution in [0.3, 0.4) is 0 Å². The molecule has 2 heterocycles. The van der Waals surface area contributed by atoms with Crippen LogP contribution in [0.15, 0.2) is 41.4 Å². The number of sulfone groups is 1. The van der Waals surface area contributed by atoms with Gasteiger partial charge < -0.3 is 4.90 Å². The van der Waals surface area contributed by atoms with Crippen LogP contribution in [-0.2, 0) is 16.4 Å². The molecule has 6 nitrogen and oxygen atoms in total. The number of hydrogen-bond acceptors (Lipinski definition) is 5. The second-order valence-electron chi connectivity index (χ2n) is 5.24. The SMILES string of the molecule is Cc1cc(C(=O)N2CCS(=O)(=O)c3ccccc3C2)cnn1. The van der Waals surface area contributed by atoms with Gasteiger partial charge >= 0.3 is 0 Å². The summed E-state index contributed by atoms with van der Waals surface area (Å²) in [6, 6.07) is 8.47. The van der Waals surface area contributed by atoms with Gasteiger partial charge in [-0.25, -0.2) is 8.42 Å². The Balaban J connectivity index is 1.96. The molecule has 0 N–H and O–H groups in total. The topological polar surface area (TPSA) is 80.2 Å². The van der Waals surface area contributed by atoms with E-state index in [0.717, 1.165) is 0 Å². The fraction of sp³-hybridized carbons (Fsp3) is 0.267. The first-order valence-corrected chi connectivity index (χ1v) is 8.52. The Hall–Kier alpha value is -2.28. The number of amides is 1. The van der Waals surface area contributed by atoms with Crippen molar-refractivity contribution in [2.24, 2.45) is 0 Å². The maximum Gasteiger partial charge on any atom is 0.255 e. The summed E-state index contributed by atoms with van der Waals surface area (Å²) in [5.74, 6) is -0.308. The van der Waals surface area contributed by atoms with E-state index < -0.39 is 9.84 Å². The zero-order valence-electron chi connectivity index (χ0n) is 12.1. The van der Waals surface area contributed by atoms with Crippen molar-refractivity contribution in [3.63, 3.8) is 0 Å². The summed E-state index contributed by atoms with van der Waals surface area (Å²) >= 11 is 0. The maximum absolute atomic E-state index is 12.6. The van der Waals surface area contributed by atoms with E-state index in [4.69, 9.17) is 0 Å². The van der Waals surface area contributed by atoms with Gasteiger partial charge in [0.25, 0.3) is 5.91 Å². The molecule has 0 unspecified atom stereocenters. The molecule has 3 rings (SSSR count). The van der Waals surface area contributed by atoms with E-state index in [2.05, 4.69) is 10.2 Å². The average molecular weight is 317 g/mol. The Kier molecular flexibility index (Phi) is 3.66. The molecular weight excluding hydrogens is 302 g/mol. The van der Waals surface area contributed by atoms with E-state index in [-0.39, 0.29) is 24.7 Å². The molecule has 0 fully saturated rings. The molecule has 114 valence electrons. The van der Waals surface area contributed by atoms with Crippen molar-refractivity contribution in [2.75, 3.05) is 12.3 Å². The van der Waals surface area contributed by atoms with Gasteiger partial charge in [0.15, 0.2) is 9.84 Å². The molecule has 2 aromatic rings. The molecule has 1 aromatic heterocycles. The molecule has 0 spiro atoms. The van der Waals surface area contributed by atoms with Crippen molar-refractivity contribution in [1.82, 2.24) is 15.1 Å². The number of fused-ring (bicyclic) bond motifs is 1. The lowest BCUT2D eigenvalue weighted by molar-refractivity contribution is 0.0753. The number of benzene rings is 1. The lowest BCUT2D eigenvalue weighted by atomic mass is 10.2. The highest BCUT2D eigenvalue weighted by Crippen LogP contribution is 2.23. The molecule has 22 heavy (non-hydrogen) atoms. The van der Waals surface area contributed by atoms with Gasteiger partial charge in [0.05, 0.1) is 28.1 Å². The summed E-state index contributed by atoms with van der Waals surface area (Å²) in [6.07, 6.45) is 1.40. The smallest absolute Gasteiger partial charge is 0.255 e. The number of carbonyl (C=O) groups is 1. The van der Waals surface area contributed by atoms with E-state index in [1.807, 2.05) is 0 Å². The van der Waals surface area contributed by atoms with Crippen LogP contribution in [0.4, 0.5) is 0 Å². The van der Waals surface area contributed by atoms with E-state index in [1.54, 1.807) is 42.2 Å². The molecule has 0 atom stereocenters. The third kappa shape index (κ3) is 2.71. The summed E-state index contributed by atoms with van der Waals surface area (Å²) in [5.41, 5.74) is 1.71. The van der Waals surface area contributed by atoms with Crippen LogP contribution in [0, 0.1) is 6.92 Å². The third-order valence-electron chi connectivity index (χ3n) is 3.61. The van der Waals surface area contributed by atoms with Crippen molar-refractivity contribution in [2.45, 2.75) is 18.4 Å². The van der Waals surface area contributed by atoms with Gasteiger partial charge in [-0.2, -0.15) is 10.2 Å². The summed E-state index contributed by atoms with van der Waals surface area (Å²) in [6.45, 7) is 2.19. The van der Waals surface area contributed by atoms with Crippen molar-refractivity contribution in [1.29, 1.82) is 0 Å². The van der Waals surface area contributed by atoms with Crippen molar-refractivity contribution in [3.05, 3.63) is 53.3 Å². The average Bonchev–Trinajstić information content (AvgIpc) is 2.63. The quantitative estimate of drug-likeness (QED) is 0.790. The van der Waals surface area contributed by atoms with Gasteiger partial charge in [-0.15, -0.1) is 0 Å². The number of carbonyl (C=O) groups excluding carboxylic acids is 1. The zero-order chi connectivity index (χ0) is 15.7. The Morgan fingerprint density at radius 3 is 2.82 bits per heavy atom. The maximum atomic E-state index is 12.6. The molecule has 0 aliphatic carbocycles. The van der Waals surface area contributed by atoms with Gasteiger partial charge in [0.2, 0.25) is 0 Å². The minimum Gasteiger partial charge on any atom is -0.333 e. The fourth-order valence-corrected chi connectivity index (χ4v) is 4.01. The molecule has 1 aromatic carbocycles.